The zero-order valence-corrected chi connectivity index (χ0v) is 11.6. The van der Waals surface area contributed by atoms with E-state index in [2.05, 4.69) is 11.8 Å². The summed E-state index contributed by atoms with van der Waals surface area (Å²) in [7, 11) is 0. The van der Waals surface area contributed by atoms with E-state index in [1.54, 1.807) is 18.2 Å². The van der Waals surface area contributed by atoms with Crippen LogP contribution in [-0.2, 0) is 4.74 Å². The molecule has 1 fully saturated rings. The molecule has 5 heteroatoms. The number of benzene rings is 1. The molecule has 0 saturated carbocycles. The fourth-order valence-corrected chi connectivity index (χ4v) is 2.62. The molecule has 0 radical (unpaired) electrons. The minimum absolute atomic E-state index is 0.114. The van der Waals surface area contributed by atoms with Crippen LogP contribution in [0.2, 0.25) is 0 Å². The second kappa shape index (κ2) is 5.81. The zero-order valence-electron chi connectivity index (χ0n) is 11.6. The first kappa shape index (κ1) is 13.4. The number of hydrogen-bond acceptors (Lipinski definition) is 5. The van der Waals surface area contributed by atoms with E-state index in [1.807, 2.05) is 0 Å². The summed E-state index contributed by atoms with van der Waals surface area (Å²) < 4.78 is 16.0. The van der Waals surface area contributed by atoms with E-state index in [0.717, 1.165) is 13.0 Å². The summed E-state index contributed by atoms with van der Waals surface area (Å²) in [6, 6.07) is 5.71. The van der Waals surface area contributed by atoms with E-state index in [0.29, 0.717) is 42.9 Å². The fourth-order valence-electron chi connectivity index (χ4n) is 2.62. The van der Waals surface area contributed by atoms with Crippen molar-refractivity contribution in [2.45, 2.75) is 19.4 Å². The van der Waals surface area contributed by atoms with Crippen LogP contribution in [0, 0.1) is 0 Å². The Morgan fingerprint density at radius 1 is 1.35 bits per heavy atom. The highest BCUT2D eigenvalue weighted by Crippen LogP contribution is 2.32. The Morgan fingerprint density at radius 2 is 2.20 bits per heavy atom. The second-order valence-corrected chi connectivity index (χ2v) is 5.10. The van der Waals surface area contributed by atoms with Crippen molar-refractivity contribution in [1.82, 2.24) is 4.90 Å². The van der Waals surface area contributed by atoms with Crippen LogP contribution in [0.4, 0.5) is 0 Å². The molecule has 0 spiro atoms. The van der Waals surface area contributed by atoms with Crippen molar-refractivity contribution in [1.29, 1.82) is 0 Å². The molecule has 2 aliphatic rings. The molecule has 3 rings (SSSR count). The normalized spacial score (nSPS) is 21.9. The highest BCUT2D eigenvalue weighted by Gasteiger charge is 2.24. The molecule has 108 valence electrons. The van der Waals surface area contributed by atoms with Crippen LogP contribution in [0.25, 0.3) is 0 Å². The Bertz CT molecular complexity index is 503. The van der Waals surface area contributed by atoms with Crippen LogP contribution in [0.3, 0.4) is 0 Å². The molecule has 1 atom stereocenters. The summed E-state index contributed by atoms with van der Waals surface area (Å²) in [5.41, 5.74) is 0.676. The molecule has 0 aliphatic carbocycles. The summed E-state index contributed by atoms with van der Waals surface area (Å²) in [6.07, 6.45) is 0.994. The molecular weight excluding hydrogens is 258 g/mol. The number of nitrogens with zero attached hydrogens (tertiary/aromatic N) is 1. The third-order valence-electron chi connectivity index (χ3n) is 3.86. The Balaban J connectivity index is 1.69. The van der Waals surface area contributed by atoms with E-state index >= 15 is 0 Å². The molecule has 1 saturated heterocycles. The average molecular weight is 277 g/mol. The number of ketones is 1. The standard InChI is InChI=1S/C15H19NO4/c1-2-12-9-18-6-5-16(12)8-13(17)11-3-4-14-15(7-11)20-10-19-14/h3-4,7,12H,2,5-6,8-10H2,1H3. The largest absolute Gasteiger partial charge is 0.454 e. The van der Waals surface area contributed by atoms with Crippen LogP contribution in [0.15, 0.2) is 18.2 Å². The van der Waals surface area contributed by atoms with Crippen LogP contribution < -0.4 is 9.47 Å². The number of fused-ring (bicyclic) bond motifs is 1. The molecule has 20 heavy (non-hydrogen) atoms. The topological polar surface area (TPSA) is 48.0 Å². The second-order valence-electron chi connectivity index (χ2n) is 5.10. The van der Waals surface area contributed by atoms with Gasteiger partial charge in [0, 0.05) is 18.2 Å². The predicted molar refractivity (Wildman–Crippen MR) is 73.4 cm³/mol. The molecule has 2 aliphatic heterocycles. The fraction of sp³-hybridized carbons (Fsp3) is 0.533. The summed E-state index contributed by atoms with van der Waals surface area (Å²) >= 11 is 0. The Morgan fingerprint density at radius 3 is 3.05 bits per heavy atom. The number of ether oxygens (including phenoxy) is 3. The first-order valence-corrected chi connectivity index (χ1v) is 7.02. The van der Waals surface area contributed by atoms with Gasteiger partial charge in [-0.1, -0.05) is 6.92 Å². The quantitative estimate of drug-likeness (QED) is 0.784. The summed E-state index contributed by atoms with van der Waals surface area (Å²) in [4.78, 5) is 14.6. The lowest BCUT2D eigenvalue weighted by Crippen LogP contribution is -2.47. The first-order valence-electron chi connectivity index (χ1n) is 7.02. The van der Waals surface area contributed by atoms with Crippen molar-refractivity contribution in [2.24, 2.45) is 0 Å². The van der Waals surface area contributed by atoms with Crippen LogP contribution in [0.5, 0.6) is 11.5 Å². The van der Waals surface area contributed by atoms with Gasteiger partial charge in [-0.15, -0.1) is 0 Å². The smallest absolute Gasteiger partial charge is 0.231 e. The van der Waals surface area contributed by atoms with Gasteiger partial charge < -0.3 is 14.2 Å². The van der Waals surface area contributed by atoms with Gasteiger partial charge >= 0.3 is 0 Å². The molecular formula is C15H19NO4. The zero-order chi connectivity index (χ0) is 13.9. The molecule has 1 aromatic rings. The SMILES string of the molecule is CCC1COCCN1CC(=O)c1ccc2c(c1)OCO2. The van der Waals surface area contributed by atoms with Crippen LogP contribution >= 0.6 is 0 Å². The molecule has 0 amide bonds. The summed E-state index contributed by atoms with van der Waals surface area (Å²) in [5, 5.41) is 0. The van der Waals surface area contributed by atoms with Crippen molar-refractivity contribution in [2.75, 3.05) is 33.1 Å². The van der Waals surface area contributed by atoms with E-state index in [-0.39, 0.29) is 12.6 Å². The number of rotatable bonds is 4. The van der Waals surface area contributed by atoms with E-state index < -0.39 is 0 Å². The number of carbonyl (C=O) groups is 1. The van der Waals surface area contributed by atoms with E-state index in [1.165, 1.54) is 0 Å². The van der Waals surface area contributed by atoms with Gasteiger partial charge in [0.15, 0.2) is 17.3 Å². The highest BCUT2D eigenvalue weighted by molar-refractivity contribution is 5.98. The maximum absolute atomic E-state index is 12.4. The monoisotopic (exact) mass is 277 g/mol. The van der Waals surface area contributed by atoms with Crippen molar-refractivity contribution in [3.05, 3.63) is 23.8 Å². The first-order chi connectivity index (χ1) is 9.78. The molecule has 0 bridgehead atoms. The highest BCUT2D eigenvalue weighted by atomic mass is 16.7. The number of morpholine rings is 1. The number of carbonyl (C=O) groups excluding carboxylic acids is 1. The lowest BCUT2D eigenvalue weighted by molar-refractivity contribution is -0.00585. The van der Waals surface area contributed by atoms with Crippen molar-refractivity contribution < 1.29 is 19.0 Å². The van der Waals surface area contributed by atoms with Gasteiger partial charge in [0.1, 0.15) is 0 Å². The van der Waals surface area contributed by atoms with E-state index in [4.69, 9.17) is 14.2 Å². The van der Waals surface area contributed by atoms with Gasteiger partial charge in [0.2, 0.25) is 6.79 Å². The summed E-state index contributed by atoms with van der Waals surface area (Å²) in [6.45, 7) is 5.01. The lowest BCUT2D eigenvalue weighted by atomic mass is 10.1. The average Bonchev–Trinajstić information content (AvgIpc) is 2.95. The molecule has 0 N–H and O–H groups in total. The molecule has 0 aromatic heterocycles. The van der Waals surface area contributed by atoms with Crippen molar-refractivity contribution in [3.63, 3.8) is 0 Å². The number of hydrogen-bond donors (Lipinski definition) is 0. The van der Waals surface area contributed by atoms with Gasteiger partial charge in [-0.05, 0) is 24.6 Å². The lowest BCUT2D eigenvalue weighted by Gasteiger charge is -2.34. The Hall–Kier alpha value is -1.59. The number of Topliss-reactive ketones (excluding diaryl/α,β-unsaturated/α-hetero) is 1. The van der Waals surface area contributed by atoms with Crippen LogP contribution in [0.1, 0.15) is 23.7 Å². The van der Waals surface area contributed by atoms with Gasteiger partial charge in [-0.2, -0.15) is 0 Å². The minimum Gasteiger partial charge on any atom is -0.454 e. The van der Waals surface area contributed by atoms with Crippen LogP contribution in [-0.4, -0.2) is 49.8 Å². The third kappa shape index (κ3) is 2.64. The van der Waals surface area contributed by atoms with Crippen molar-refractivity contribution in [3.8, 4) is 11.5 Å². The predicted octanol–water partition coefficient (Wildman–Crippen LogP) is 1.71. The van der Waals surface area contributed by atoms with E-state index in [9.17, 15) is 4.79 Å². The molecule has 2 heterocycles. The van der Waals surface area contributed by atoms with Gasteiger partial charge in [0.05, 0.1) is 19.8 Å². The van der Waals surface area contributed by atoms with Crippen molar-refractivity contribution >= 4 is 5.78 Å². The maximum atomic E-state index is 12.4. The third-order valence-corrected chi connectivity index (χ3v) is 3.86. The minimum atomic E-state index is 0.114. The Kier molecular flexibility index (Phi) is 3.89. The van der Waals surface area contributed by atoms with Gasteiger partial charge in [-0.3, -0.25) is 9.69 Å². The van der Waals surface area contributed by atoms with Gasteiger partial charge in [0.25, 0.3) is 0 Å². The molecule has 1 aromatic carbocycles. The maximum Gasteiger partial charge on any atom is 0.231 e. The van der Waals surface area contributed by atoms with Gasteiger partial charge in [-0.25, -0.2) is 0 Å². The molecule has 5 nitrogen and oxygen atoms in total. The Labute approximate surface area is 118 Å². The summed E-state index contributed by atoms with van der Waals surface area (Å²) in [5.74, 6) is 1.48. The molecule has 1 unspecified atom stereocenters.